The summed E-state index contributed by atoms with van der Waals surface area (Å²) in [5, 5.41) is 23.9. The van der Waals surface area contributed by atoms with Gasteiger partial charge in [0.15, 0.2) is 0 Å². The number of carbonyl (C=O) groups excluding carboxylic acids is 2. The zero-order valence-corrected chi connectivity index (χ0v) is 44.3. The van der Waals surface area contributed by atoms with Crippen LogP contribution < -0.4 is 5.32 Å². The third kappa shape index (κ3) is 48.5. The summed E-state index contributed by atoms with van der Waals surface area (Å²) < 4.78 is 5.97. The van der Waals surface area contributed by atoms with Gasteiger partial charge < -0.3 is 20.3 Å². The average Bonchev–Trinajstić information content (AvgIpc) is 3.31. The minimum Gasteiger partial charge on any atom is -0.462 e. The molecular weight excluding hydrogens is 815 g/mol. The smallest absolute Gasteiger partial charge is 0.306 e. The van der Waals surface area contributed by atoms with Crippen LogP contribution in [0.4, 0.5) is 0 Å². The van der Waals surface area contributed by atoms with Gasteiger partial charge in [0, 0.05) is 6.42 Å². The normalized spacial score (nSPS) is 13.3. The van der Waals surface area contributed by atoms with E-state index in [9.17, 15) is 19.8 Å². The third-order valence-electron chi connectivity index (χ3n) is 13.4. The second-order valence-corrected chi connectivity index (χ2v) is 20.0. The van der Waals surface area contributed by atoms with Crippen molar-refractivity contribution >= 4 is 11.9 Å². The molecule has 0 heterocycles. The van der Waals surface area contributed by atoms with Crippen molar-refractivity contribution in [3.05, 3.63) is 36.5 Å². The number of allylic oxidation sites excluding steroid dienone is 6. The van der Waals surface area contributed by atoms with Crippen LogP contribution in [-0.4, -0.2) is 46.9 Å². The first-order valence-electron chi connectivity index (χ1n) is 29.2. The van der Waals surface area contributed by atoms with Crippen molar-refractivity contribution < 1.29 is 24.5 Å². The Morgan fingerprint density at radius 3 is 1.20 bits per heavy atom. The van der Waals surface area contributed by atoms with Gasteiger partial charge in [0.25, 0.3) is 0 Å². The quantitative estimate of drug-likeness (QED) is 0.0321. The predicted molar refractivity (Wildman–Crippen MR) is 287 cm³/mol. The van der Waals surface area contributed by atoms with E-state index in [0.29, 0.717) is 19.3 Å². The SMILES string of the molecule is CCCCC/C=C\C/C=C\CCCCCCCCCC(CC(=O)NC(CO)C(O)CCCCCCCCCCCCCCC)OC(=O)CCCCCCCCC/C=C/CCCCCCCC. The molecule has 3 N–H and O–H groups in total. The molecule has 0 aromatic heterocycles. The van der Waals surface area contributed by atoms with Gasteiger partial charge in [-0.1, -0.05) is 250 Å². The molecule has 3 atom stereocenters. The molecule has 1 amide bonds. The number of esters is 1. The number of aliphatic hydroxyl groups is 2. The zero-order chi connectivity index (χ0) is 48.1. The average molecular weight is 929 g/mol. The summed E-state index contributed by atoms with van der Waals surface area (Å²) in [6, 6.07) is -0.704. The molecule has 0 spiro atoms. The Morgan fingerprint density at radius 2 is 0.773 bits per heavy atom. The molecule has 0 rings (SSSR count). The highest BCUT2D eigenvalue weighted by atomic mass is 16.5. The van der Waals surface area contributed by atoms with E-state index in [2.05, 4.69) is 62.5 Å². The lowest BCUT2D eigenvalue weighted by molar-refractivity contribution is -0.151. The van der Waals surface area contributed by atoms with Crippen LogP contribution in [0.25, 0.3) is 0 Å². The Morgan fingerprint density at radius 1 is 0.439 bits per heavy atom. The van der Waals surface area contributed by atoms with Gasteiger partial charge >= 0.3 is 5.97 Å². The molecular formula is C60H113NO5. The summed E-state index contributed by atoms with van der Waals surface area (Å²) in [5.74, 6) is -0.472. The first-order valence-corrected chi connectivity index (χ1v) is 29.2. The summed E-state index contributed by atoms with van der Waals surface area (Å²) in [7, 11) is 0. The van der Waals surface area contributed by atoms with Gasteiger partial charge in [-0.3, -0.25) is 9.59 Å². The van der Waals surface area contributed by atoms with E-state index in [1.54, 1.807) is 0 Å². The van der Waals surface area contributed by atoms with Crippen LogP contribution in [0, 0.1) is 0 Å². The number of ether oxygens (including phenoxy) is 1. The molecule has 0 aliphatic heterocycles. The van der Waals surface area contributed by atoms with Crippen LogP contribution in [0.15, 0.2) is 36.5 Å². The Kier molecular flexibility index (Phi) is 52.5. The second kappa shape index (κ2) is 54.0. The van der Waals surface area contributed by atoms with Gasteiger partial charge in [-0.15, -0.1) is 0 Å². The summed E-state index contributed by atoms with van der Waals surface area (Å²) in [4.78, 5) is 26.3. The molecule has 0 saturated carbocycles. The molecule has 0 aliphatic carbocycles. The van der Waals surface area contributed by atoms with E-state index < -0.39 is 18.2 Å². The number of aliphatic hydroxyl groups excluding tert-OH is 2. The molecule has 3 unspecified atom stereocenters. The van der Waals surface area contributed by atoms with Crippen molar-refractivity contribution in [1.82, 2.24) is 5.32 Å². The number of hydrogen-bond acceptors (Lipinski definition) is 5. The van der Waals surface area contributed by atoms with E-state index in [1.807, 2.05) is 0 Å². The highest BCUT2D eigenvalue weighted by Gasteiger charge is 2.24. The molecule has 6 heteroatoms. The standard InChI is InChI=1S/C60H113NO5/c1-4-7-10-13-16-19-22-25-27-29-31-34-36-39-42-45-48-51-56(66-60(65)53-50-47-44-41-38-35-32-30-28-26-23-20-17-14-11-8-5-2)54-59(64)61-57(55-62)58(63)52-49-46-43-40-37-33-24-21-18-15-12-9-6-3/h16,19,25-28,56-58,62-63H,4-15,17-18,20-24,29-55H2,1-3H3,(H,61,64)/b19-16-,27-25-,28-26+. The summed E-state index contributed by atoms with van der Waals surface area (Å²) in [5.41, 5.74) is 0. The largest absolute Gasteiger partial charge is 0.462 e. The molecule has 0 aliphatic rings. The van der Waals surface area contributed by atoms with Gasteiger partial charge in [-0.25, -0.2) is 0 Å². The fourth-order valence-corrected chi connectivity index (χ4v) is 8.99. The summed E-state index contributed by atoms with van der Waals surface area (Å²) in [6.45, 7) is 6.48. The lowest BCUT2D eigenvalue weighted by Gasteiger charge is -2.24. The van der Waals surface area contributed by atoms with Crippen LogP contribution in [0.5, 0.6) is 0 Å². The molecule has 0 fully saturated rings. The highest BCUT2D eigenvalue weighted by Crippen LogP contribution is 2.18. The first kappa shape index (κ1) is 64.1. The number of carbonyl (C=O) groups is 2. The van der Waals surface area contributed by atoms with Gasteiger partial charge in [0.1, 0.15) is 6.10 Å². The summed E-state index contributed by atoms with van der Waals surface area (Å²) >= 11 is 0. The molecule has 0 aromatic carbocycles. The maximum atomic E-state index is 13.3. The van der Waals surface area contributed by atoms with Crippen LogP contribution in [0.1, 0.15) is 310 Å². The van der Waals surface area contributed by atoms with Crippen molar-refractivity contribution in [2.45, 2.75) is 328 Å². The molecule has 0 radical (unpaired) electrons. The van der Waals surface area contributed by atoms with Crippen molar-refractivity contribution in [2.75, 3.05) is 6.61 Å². The van der Waals surface area contributed by atoms with Crippen molar-refractivity contribution in [2.24, 2.45) is 0 Å². The van der Waals surface area contributed by atoms with Crippen molar-refractivity contribution in [3.8, 4) is 0 Å². The third-order valence-corrected chi connectivity index (χ3v) is 13.4. The van der Waals surface area contributed by atoms with Gasteiger partial charge in [-0.05, 0) is 83.5 Å². The molecule has 0 bridgehead atoms. The fraction of sp³-hybridized carbons (Fsp3) is 0.867. The second-order valence-electron chi connectivity index (χ2n) is 20.0. The van der Waals surface area contributed by atoms with Crippen LogP contribution in [0.3, 0.4) is 0 Å². The van der Waals surface area contributed by atoms with Gasteiger partial charge in [0.2, 0.25) is 5.91 Å². The number of nitrogens with one attached hydrogen (secondary N) is 1. The summed E-state index contributed by atoms with van der Waals surface area (Å²) in [6.07, 6.45) is 64.9. The molecule has 66 heavy (non-hydrogen) atoms. The van der Waals surface area contributed by atoms with E-state index >= 15 is 0 Å². The number of amides is 1. The molecule has 6 nitrogen and oxygen atoms in total. The van der Waals surface area contributed by atoms with E-state index in [-0.39, 0.29) is 24.9 Å². The number of unbranched alkanes of at least 4 members (excludes halogenated alkanes) is 35. The maximum Gasteiger partial charge on any atom is 0.306 e. The van der Waals surface area contributed by atoms with Crippen LogP contribution in [0.2, 0.25) is 0 Å². The van der Waals surface area contributed by atoms with Crippen molar-refractivity contribution in [1.29, 1.82) is 0 Å². The topological polar surface area (TPSA) is 95.9 Å². The Labute approximate surface area is 411 Å². The van der Waals surface area contributed by atoms with E-state index in [1.165, 1.54) is 199 Å². The monoisotopic (exact) mass is 928 g/mol. The Balaban J connectivity index is 4.56. The predicted octanol–water partition coefficient (Wildman–Crippen LogP) is 18.0. The van der Waals surface area contributed by atoms with Crippen molar-refractivity contribution in [3.63, 3.8) is 0 Å². The van der Waals surface area contributed by atoms with Gasteiger partial charge in [0.05, 0.1) is 25.2 Å². The highest BCUT2D eigenvalue weighted by molar-refractivity contribution is 5.77. The lowest BCUT2D eigenvalue weighted by Crippen LogP contribution is -2.46. The molecule has 0 saturated heterocycles. The zero-order valence-electron chi connectivity index (χ0n) is 44.3. The Bertz CT molecular complexity index is 1090. The molecule has 0 aromatic rings. The lowest BCUT2D eigenvalue weighted by atomic mass is 10.0. The Hall–Kier alpha value is -1.92. The minimum absolute atomic E-state index is 0.0735. The minimum atomic E-state index is -0.789. The van der Waals surface area contributed by atoms with Crippen LogP contribution >= 0.6 is 0 Å². The number of rotatable bonds is 53. The van der Waals surface area contributed by atoms with E-state index in [4.69, 9.17) is 4.74 Å². The number of hydrogen-bond donors (Lipinski definition) is 3. The van der Waals surface area contributed by atoms with Gasteiger partial charge in [-0.2, -0.15) is 0 Å². The fourth-order valence-electron chi connectivity index (χ4n) is 8.99. The van der Waals surface area contributed by atoms with E-state index in [0.717, 1.165) is 64.2 Å². The maximum absolute atomic E-state index is 13.3. The first-order chi connectivity index (χ1) is 32.5. The molecule has 388 valence electrons. The van der Waals surface area contributed by atoms with Crippen LogP contribution in [-0.2, 0) is 14.3 Å².